The first kappa shape index (κ1) is 18.4. The monoisotopic (exact) mass is 393 g/mol. The second-order valence-electron chi connectivity index (χ2n) is 7.43. The van der Waals surface area contributed by atoms with Crippen LogP contribution >= 0.6 is 11.6 Å². The molecule has 1 aliphatic carbocycles. The van der Waals surface area contributed by atoms with Crippen LogP contribution in [0, 0.1) is 18.6 Å². The third-order valence-electron chi connectivity index (χ3n) is 5.99. The van der Waals surface area contributed by atoms with E-state index in [2.05, 4.69) is 4.98 Å². The highest BCUT2D eigenvalue weighted by Crippen LogP contribution is 2.33. The summed E-state index contributed by atoms with van der Waals surface area (Å²) in [4.78, 5) is 18.3. The minimum Gasteiger partial charge on any atom is -0.333 e. The molecular weight excluding hydrogens is 372 g/mol. The van der Waals surface area contributed by atoms with E-state index < -0.39 is 11.6 Å². The van der Waals surface area contributed by atoms with E-state index in [0.29, 0.717) is 18.5 Å². The van der Waals surface area contributed by atoms with Gasteiger partial charge in [-0.05, 0) is 55.7 Å². The molecule has 144 valence electrons. The van der Waals surface area contributed by atoms with Crippen molar-refractivity contribution in [3.8, 4) is 0 Å². The lowest BCUT2D eigenvalue weighted by Crippen LogP contribution is -2.45. The number of imidazole rings is 1. The van der Waals surface area contributed by atoms with Gasteiger partial charge in [-0.25, -0.2) is 13.8 Å². The molecule has 1 atom stereocenters. The number of aromatic nitrogens is 2. The van der Waals surface area contributed by atoms with Crippen LogP contribution in [0.3, 0.4) is 0 Å². The van der Waals surface area contributed by atoms with Gasteiger partial charge in [0.15, 0.2) is 11.6 Å². The van der Waals surface area contributed by atoms with Crippen LogP contribution < -0.4 is 0 Å². The number of halogens is 3. The van der Waals surface area contributed by atoms with E-state index in [1.54, 1.807) is 11.2 Å². The first-order valence-electron chi connectivity index (χ1n) is 9.33. The number of amides is 1. The van der Waals surface area contributed by atoms with Crippen LogP contribution in [0.15, 0.2) is 12.5 Å². The van der Waals surface area contributed by atoms with Gasteiger partial charge in [0.25, 0.3) is 0 Å². The molecule has 0 spiro atoms. The molecule has 1 amide bonds. The molecule has 1 aliphatic heterocycles. The molecule has 1 aromatic heterocycles. The van der Waals surface area contributed by atoms with Gasteiger partial charge >= 0.3 is 0 Å². The van der Waals surface area contributed by atoms with Gasteiger partial charge in [0.2, 0.25) is 5.91 Å². The number of hydrogen-bond donors (Lipinski definition) is 0. The summed E-state index contributed by atoms with van der Waals surface area (Å²) in [7, 11) is 0. The smallest absolute Gasteiger partial charge is 0.238 e. The lowest BCUT2D eigenvalue weighted by molar-refractivity contribution is -0.132. The van der Waals surface area contributed by atoms with E-state index in [9.17, 15) is 13.6 Å². The zero-order valence-corrected chi connectivity index (χ0v) is 16.0. The van der Waals surface area contributed by atoms with Gasteiger partial charge in [0.1, 0.15) is 5.88 Å². The van der Waals surface area contributed by atoms with Crippen LogP contribution in [-0.2, 0) is 37.1 Å². The fraction of sp³-hybridized carbons (Fsp3) is 0.500. The van der Waals surface area contributed by atoms with Gasteiger partial charge in [0.05, 0.1) is 12.4 Å². The van der Waals surface area contributed by atoms with Crippen molar-refractivity contribution in [2.75, 3.05) is 5.88 Å². The minimum atomic E-state index is -0.820. The number of alkyl halides is 1. The number of benzene rings is 1. The van der Waals surface area contributed by atoms with Gasteiger partial charge in [0, 0.05) is 30.5 Å². The Bertz CT molecular complexity index is 896. The molecule has 4 nitrogen and oxygen atoms in total. The maximum absolute atomic E-state index is 14.8. The molecule has 7 heteroatoms. The highest BCUT2D eigenvalue weighted by atomic mass is 35.5. The third-order valence-corrected chi connectivity index (χ3v) is 6.22. The fourth-order valence-electron chi connectivity index (χ4n) is 4.48. The highest BCUT2D eigenvalue weighted by Gasteiger charge is 2.31. The minimum absolute atomic E-state index is 0.0438. The molecule has 27 heavy (non-hydrogen) atoms. The molecule has 2 heterocycles. The number of nitrogens with zero attached hydrogens (tertiary/aromatic N) is 3. The topological polar surface area (TPSA) is 38.1 Å². The Morgan fingerprint density at radius 3 is 2.85 bits per heavy atom. The molecule has 2 aromatic rings. The quantitative estimate of drug-likeness (QED) is 0.745. The van der Waals surface area contributed by atoms with Gasteiger partial charge in [-0.3, -0.25) is 4.79 Å². The van der Waals surface area contributed by atoms with Crippen LogP contribution in [0.1, 0.15) is 40.8 Å². The summed E-state index contributed by atoms with van der Waals surface area (Å²) in [6.45, 7) is 2.47. The number of carbonyl (C=O) groups is 1. The molecule has 0 fully saturated rings. The number of aryl methyl sites for hydroxylation is 1. The van der Waals surface area contributed by atoms with Crippen molar-refractivity contribution in [1.82, 2.24) is 14.5 Å². The molecular formula is C20H22ClF2N3O. The molecule has 0 bridgehead atoms. The zero-order valence-electron chi connectivity index (χ0n) is 15.3. The summed E-state index contributed by atoms with van der Waals surface area (Å²) >= 11 is 5.84. The van der Waals surface area contributed by atoms with Crippen molar-refractivity contribution in [3.05, 3.63) is 52.1 Å². The Morgan fingerprint density at radius 2 is 2.07 bits per heavy atom. The predicted octanol–water partition coefficient (Wildman–Crippen LogP) is 3.54. The molecule has 0 saturated heterocycles. The Hall–Kier alpha value is -1.95. The van der Waals surface area contributed by atoms with E-state index in [0.717, 1.165) is 42.5 Å². The summed E-state index contributed by atoms with van der Waals surface area (Å²) < 4.78 is 31.4. The fourth-order valence-corrected chi connectivity index (χ4v) is 4.63. The molecule has 2 aliphatic rings. The van der Waals surface area contributed by atoms with Gasteiger partial charge < -0.3 is 9.47 Å². The van der Waals surface area contributed by atoms with Gasteiger partial charge in [-0.15, -0.1) is 11.6 Å². The first-order chi connectivity index (χ1) is 13.0. The summed E-state index contributed by atoms with van der Waals surface area (Å²) in [6, 6.07) is -0.118. The maximum Gasteiger partial charge on any atom is 0.238 e. The van der Waals surface area contributed by atoms with Crippen LogP contribution in [0.5, 0.6) is 0 Å². The third kappa shape index (κ3) is 3.14. The average molecular weight is 394 g/mol. The van der Waals surface area contributed by atoms with Crippen molar-refractivity contribution >= 4 is 17.5 Å². The summed E-state index contributed by atoms with van der Waals surface area (Å²) in [5, 5.41) is 0. The van der Waals surface area contributed by atoms with Crippen LogP contribution in [0.25, 0.3) is 0 Å². The molecule has 1 unspecified atom stereocenters. The number of fused-ring (bicyclic) bond motifs is 2. The van der Waals surface area contributed by atoms with E-state index in [1.807, 2.05) is 17.7 Å². The average Bonchev–Trinajstić information content (AvgIpc) is 3.34. The molecule has 0 radical (unpaired) electrons. The molecule has 0 saturated carbocycles. The Morgan fingerprint density at radius 1 is 1.30 bits per heavy atom. The normalized spacial score (nSPS) is 18.3. The SMILES string of the molecule is Cc1c(CN(C(=O)CCl)C2CCc3cncn3C2)c(F)c(F)c2c1CCC2. The highest BCUT2D eigenvalue weighted by molar-refractivity contribution is 6.27. The van der Waals surface area contributed by atoms with Gasteiger partial charge in [-0.2, -0.15) is 0 Å². The van der Waals surface area contributed by atoms with Gasteiger partial charge in [-0.1, -0.05) is 0 Å². The lowest BCUT2D eigenvalue weighted by Gasteiger charge is -2.35. The van der Waals surface area contributed by atoms with Crippen LogP contribution in [0.2, 0.25) is 0 Å². The second-order valence-corrected chi connectivity index (χ2v) is 7.69. The van der Waals surface area contributed by atoms with Crippen molar-refractivity contribution in [2.45, 2.75) is 58.2 Å². The van der Waals surface area contributed by atoms with Crippen LogP contribution in [-0.4, -0.2) is 32.3 Å². The van der Waals surface area contributed by atoms with E-state index in [-0.39, 0.29) is 29.9 Å². The van der Waals surface area contributed by atoms with Crippen molar-refractivity contribution in [1.29, 1.82) is 0 Å². The Kier molecular flexibility index (Phi) is 4.93. The Balaban J connectivity index is 1.68. The lowest BCUT2D eigenvalue weighted by atomic mass is 9.96. The number of hydrogen-bond acceptors (Lipinski definition) is 2. The number of carbonyl (C=O) groups excluding carboxylic acids is 1. The van der Waals surface area contributed by atoms with Crippen LogP contribution in [0.4, 0.5) is 8.78 Å². The summed E-state index contributed by atoms with van der Waals surface area (Å²) in [6.07, 6.45) is 7.28. The first-order valence-corrected chi connectivity index (χ1v) is 9.87. The van der Waals surface area contributed by atoms with E-state index in [1.165, 1.54) is 0 Å². The molecule has 1 aromatic carbocycles. The maximum atomic E-state index is 14.8. The predicted molar refractivity (Wildman–Crippen MR) is 98.7 cm³/mol. The largest absolute Gasteiger partial charge is 0.333 e. The standard InChI is InChI=1S/C20H22ClF2N3O/c1-12-15-3-2-4-16(15)19(22)20(23)17(12)10-26(18(27)7-21)14-6-5-13-8-24-11-25(13)9-14/h8,11,14H,2-7,9-10H2,1H3. The molecule has 0 N–H and O–H groups in total. The summed E-state index contributed by atoms with van der Waals surface area (Å²) in [5.74, 6) is -2.01. The van der Waals surface area contributed by atoms with Crippen molar-refractivity contribution in [2.24, 2.45) is 0 Å². The summed E-state index contributed by atoms with van der Waals surface area (Å²) in [5.41, 5.74) is 3.58. The number of rotatable bonds is 4. The van der Waals surface area contributed by atoms with Crippen molar-refractivity contribution < 1.29 is 13.6 Å². The van der Waals surface area contributed by atoms with E-state index in [4.69, 9.17) is 11.6 Å². The van der Waals surface area contributed by atoms with Crippen molar-refractivity contribution in [3.63, 3.8) is 0 Å². The second kappa shape index (κ2) is 7.23. The van der Waals surface area contributed by atoms with E-state index >= 15 is 0 Å². The zero-order chi connectivity index (χ0) is 19.1. The molecule has 4 rings (SSSR count). The Labute approximate surface area is 162 Å².